The minimum absolute atomic E-state index is 0.161. The van der Waals surface area contributed by atoms with Crippen molar-refractivity contribution in [3.8, 4) is 0 Å². The molecular formula is C17H25IN2O3Si. The SMILES string of the molecule is CCOC(=O)c1ccc2nc(CO[Si](C)(C)C(C)(C)C)c(I)n2c1. The monoisotopic (exact) mass is 460 g/mol. The van der Waals surface area contributed by atoms with E-state index >= 15 is 0 Å². The number of nitrogens with zero attached hydrogens (tertiary/aromatic N) is 2. The van der Waals surface area contributed by atoms with Crippen molar-refractivity contribution in [3.63, 3.8) is 0 Å². The fourth-order valence-corrected chi connectivity index (χ4v) is 3.55. The summed E-state index contributed by atoms with van der Waals surface area (Å²) in [5, 5.41) is 0.161. The number of halogens is 1. The average Bonchev–Trinajstić information content (AvgIpc) is 2.80. The first-order chi connectivity index (χ1) is 11.1. The van der Waals surface area contributed by atoms with Gasteiger partial charge in [-0.3, -0.25) is 4.40 Å². The van der Waals surface area contributed by atoms with Gasteiger partial charge in [-0.25, -0.2) is 9.78 Å². The van der Waals surface area contributed by atoms with E-state index in [1.54, 1.807) is 19.2 Å². The molecule has 2 rings (SSSR count). The lowest BCUT2D eigenvalue weighted by molar-refractivity contribution is 0.0525. The molecule has 2 aromatic rings. The molecule has 0 aliphatic carbocycles. The van der Waals surface area contributed by atoms with Gasteiger partial charge in [0.1, 0.15) is 9.35 Å². The van der Waals surface area contributed by atoms with Gasteiger partial charge in [0.25, 0.3) is 0 Å². The molecule has 7 heteroatoms. The largest absolute Gasteiger partial charge is 0.462 e. The van der Waals surface area contributed by atoms with E-state index < -0.39 is 8.32 Å². The Morgan fingerprint density at radius 3 is 2.58 bits per heavy atom. The van der Waals surface area contributed by atoms with Crippen LogP contribution in [0.1, 0.15) is 43.7 Å². The van der Waals surface area contributed by atoms with Crippen LogP contribution in [0.2, 0.25) is 18.1 Å². The summed E-state index contributed by atoms with van der Waals surface area (Å²) in [5.74, 6) is -0.317. The zero-order valence-corrected chi connectivity index (χ0v) is 18.3. The lowest BCUT2D eigenvalue weighted by Crippen LogP contribution is -2.40. The maximum absolute atomic E-state index is 11.9. The number of carbonyl (C=O) groups is 1. The highest BCUT2D eigenvalue weighted by Crippen LogP contribution is 2.37. The van der Waals surface area contributed by atoms with Crippen LogP contribution < -0.4 is 0 Å². The maximum atomic E-state index is 11.9. The molecule has 0 fully saturated rings. The number of ether oxygens (including phenoxy) is 1. The standard InChI is InChI=1S/C17H25IN2O3Si/c1-7-22-16(21)12-8-9-14-19-13(15(18)20(14)10-12)11-23-24(5,6)17(2,3)4/h8-10H,7,11H2,1-6H3. The van der Waals surface area contributed by atoms with Gasteiger partial charge in [-0.1, -0.05) is 20.8 Å². The third-order valence-corrected chi connectivity index (χ3v) is 10.1. The smallest absolute Gasteiger partial charge is 0.339 e. The van der Waals surface area contributed by atoms with Gasteiger partial charge in [0.15, 0.2) is 8.32 Å². The molecule has 24 heavy (non-hydrogen) atoms. The molecule has 0 N–H and O–H groups in total. The van der Waals surface area contributed by atoms with Crippen LogP contribution in [-0.4, -0.2) is 30.3 Å². The summed E-state index contributed by atoms with van der Waals surface area (Å²) >= 11 is 2.25. The molecule has 2 heterocycles. The van der Waals surface area contributed by atoms with Crippen LogP contribution in [0.15, 0.2) is 18.3 Å². The lowest BCUT2D eigenvalue weighted by Gasteiger charge is -2.35. The Labute approximate surface area is 158 Å². The Kier molecular flexibility index (Phi) is 5.76. The van der Waals surface area contributed by atoms with Gasteiger partial charge in [-0.05, 0) is 59.8 Å². The molecule has 0 aromatic carbocycles. The van der Waals surface area contributed by atoms with Gasteiger partial charge in [-0.15, -0.1) is 0 Å². The van der Waals surface area contributed by atoms with Crippen LogP contribution >= 0.6 is 22.6 Å². The Balaban J connectivity index is 2.27. The van der Waals surface area contributed by atoms with E-state index in [9.17, 15) is 4.79 Å². The van der Waals surface area contributed by atoms with Gasteiger partial charge >= 0.3 is 5.97 Å². The van der Waals surface area contributed by atoms with E-state index in [4.69, 9.17) is 9.16 Å². The molecule has 0 aliphatic rings. The van der Waals surface area contributed by atoms with Crippen LogP contribution in [-0.2, 0) is 15.8 Å². The van der Waals surface area contributed by atoms with Crippen LogP contribution in [0.3, 0.4) is 0 Å². The number of hydrogen-bond donors (Lipinski definition) is 0. The van der Waals surface area contributed by atoms with E-state index in [0.29, 0.717) is 18.8 Å². The number of carbonyl (C=O) groups excluding carboxylic acids is 1. The first kappa shape index (κ1) is 19.4. The van der Waals surface area contributed by atoms with Crippen LogP contribution in [0.4, 0.5) is 0 Å². The summed E-state index contributed by atoms with van der Waals surface area (Å²) in [7, 11) is -1.83. The van der Waals surface area contributed by atoms with E-state index in [0.717, 1.165) is 15.0 Å². The summed E-state index contributed by atoms with van der Waals surface area (Å²) in [6, 6.07) is 3.58. The van der Waals surface area contributed by atoms with E-state index in [1.165, 1.54) is 0 Å². The third kappa shape index (κ3) is 4.00. The number of pyridine rings is 1. The molecule has 0 atom stereocenters. The highest BCUT2D eigenvalue weighted by molar-refractivity contribution is 14.1. The molecular weight excluding hydrogens is 435 g/mol. The highest BCUT2D eigenvalue weighted by Gasteiger charge is 2.37. The molecule has 0 amide bonds. The van der Waals surface area contributed by atoms with E-state index in [-0.39, 0.29) is 11.0 Å². The van der Waals surface area contributed by atoms with Crippen molar-refractivity contribution in [2.45, 2.75) is 52.4 Å². The molecule has 0 saturated heterocycles. The third-order valence-electron chi connectivity index (χ3n) is 4.51. The summed E-state index contributed by atoms with van der Waals surface area (Å²) in [5.41, 5.74) is 2.24. The first-order valence-electron chi connectivity index (χ1n) is 8.04. The quantitative estimate of drug-likeness (QED) is 0.371. The summed E-state index contributed by atoms with van der Waals surface area (Å²) in [6.07, 6.45) is 1.78. The van der Waals surface area contributed by atoms with E-state index in [1.807, 2.05) is 10.5 Å². The summed E-state index contributed by atoms with van der Waals surface area (Å²) in [6.45, 7) is 13.8. The number of rotatable bonds is 5. The minimum Gasteiger partial charge on any atom is -0.462 e. The molecule has 0 bridgehead atoms. The lowest BCUT2D eigenvalue weighted by atomic mass is 10.2. The van der Waals surface area contributed by atoms with Crippen LogP contribution in [0.5, 0.6) is 0 Å². The molecule has 132 valence electrons. The fourth-order valence-electron chi connectivity index (χ4n) is 1.96. The maximum Gasteiger partial charge on any atom is 0.339 e. The van der Waals surface area contributed by atoms with Gasteiger partial charge in [0.2, 0.25) is 0 Å². The second-order valence-corrected chi connectivity index (χ2v) is 13.1. The van der Waals surface area contributed by atoms with Crippen molar-refractivity contribution in [1.82, 2.24) is 9.38 Å². The van der Waals surface area contributed by atoms with Crippen LogP contribution in [0.25, 0.3) is 5.65 Å². The molecule has 5 nitrogen and oxygen atoms in total. The Hall–Kier alpha value is -0.933. The second kappa shape index (κ2) is 7.13. The summed E-state index contributed by atoms with van der Waals surface area (Å²) in [4.78, 5) is 16.5. The number of hydrogen-bond acceptors (Lipinski definition) is 4. The van der Waals surface area contributed by atoms with Gasteiger partial charge in [0, 0.05) is 6.20 Å². The molecule has 0 aliphatic heterocycles. The van der Waals surface area contributed by atoms with Crippen molar-refractivity contribution < 1.29 is 14.0 Å². The molecule has 2 aromatic heterocycles. The average molecular weight is 460 g/mol. The number of imidazole rings is 1. The normalized spacial score (nSPS) is 12.6. The van der Waals surface area contributed by atoms with Gasteiger partial charge < -0.3 is 9.16 Å². The molecule has 0 saturated carbocycles. The number of esters is 1. The highest BCUT2D eigenvalue weighted by atomic mass is 127. The number of aromatic nitrogens is 2. The van der Waals surface area contributed by atoms with Crippen LogP contribution in [0, 0.1) is 3.70 Å². The van der Waals surface area contributed by atoms with Gasteiger partial charge in [0.05, 0.1) is 24.5 Å². The second-order valence-electron chi connectivity index (χ2n) is 7.26. The Bertz CT molecular complexity index is 750. The van der Waals surface area contributed by atoms with Crippen molar-refractivity contribution in [2.24, 2.45) is 0 Å². The Morgan fingerprint density at radius 1 is 1.33 bits per heavy atom. The predicted molar refractivity (Wildman–Crippen MR) is 106 cm³/mol. The van der Waals surface area contributed by atoms with Crippen molar-refractivity contribution >= 4 is 42.5 Å². The van der Waals surface area contributed by atoms with E-state index in [2.05, 4.69) is 61.4 Å². The Morgan fingerprint density at radius 2 is 2.00 bits per heavy atom. The zero-order chi connectivity index (χ0) is 18.1. The predicted octanol–water partition coefficient (Wildman–Crippen LogP) is 4.64. The number of fused-ring (bicyclic) bond motifs is 1. The molecule has 0 unspecified atom stereocenters. The summed E-state index contributed by atoms with van der Waals surface area (Å²) < 4.78 is 14.2. The van der Waals surface area contributed by atoms with Crippen molar-refractivity contribution in [2.75, 3.05) is 6.61 Å². The molecule has 0 spiro atoms. The zero-order valence-electron chi connectivity index (χ0n) is 15.1. The first-order valence-corrected chi connectivity index (χ1v) is 12.0. The molecule has 0 radical (unpaired) electrons. The minimum atomic E-state index is -1.83. The topological polar surface area (TPSA) is 52.8 Å². The van der Waals surface area contributed by atoms with Crippen molar-refractivity contribution in [1.29, 1.82) is 0 Å². The van der Waals surface area contributed by atoms with Crippen molar-refractivity contribution in [3.05, 3.63) is 33.3 Å². The van der Waals surface area contributed by atoms with Gasteiger partial charge in [-0.2, -0.15) is 0 Å². The fraction of sp³-hybridized carbons (Fsp3) is 0.529.